The third-order valence-corrected chi connectivity index (χ3v) is 3.44. The number of nitrogens with one attached hydrogen (secondary N) is 2. The average molecular weight is 334 g/mol. The average Bonchev–Trinajstić information content (AvgIpc) is 2.57. The second-order valence-electron chi connectivity index (χ2n) is 6.05. The topological polar surface area (TPSA) is 59.1 Å². The van der Waals surface area contributed by atoms with Gasteiger partial charge in [-0.2, -0.15) is 4.98 Å². The van der Waals surface area contributed by atoms with Gasteiger partial charge in [0.15, 0.2) is 0 Å². The molecule has 0 amide bonds. The first-order chi connectivity index (χ1) is 12.1. The second-order valence-corrected chi connectivity index (χ2v) is 6.05. The molecule has 3 aromatic rings. The van der Waals surface area contributed by atoms with Crippen LogP contribution in [0.3, 0.4) is 0 Å². The molecule has 3 rings (SSSR count). The zero-order valence-electron chi connectivity index (χ0n) is 14.7. The van der Waals surface area contributed by atoms with Gasteiger partial charge in [-0.25, -0.2) is 4.98 Å². The van der Waals surface area contributed by atoms with E-state index in [2.05, 4.69) is 39.7 Å². The number of hydrogen-bond donors (Lipinski definition) is 2. The van der Waals surface area contributed by atoms with Gasteiger partial charge < -0.3 is 15.4 Å². The van der Waals surface area contributed by atoms with Gasteiger partial charge in [-0.05, 0) is 56.7 Å². The van der Waals surface area contributed by atoms with E-state index in [9.17, 15) is 0 Å². The van der Waals surface area contributed by atoms with Gasteiger partial charge in [-0.3, -0.25) is 0 Å². The summed E-state index contributed by atoms with van der Waals surface area (Å²) in [6, 6.07) is 17.7. The van der Waals surface area contributed by atoms with Crippen LogP contribution in [0.5, 0.6) is 5.75 Å². The molecule has 0 spiro atoms. The summed E-state index contributed by atoms with van der Waals surface area (Å²) in [5.74, 6) is 2.03. The highest BCUT2D eigenvalue weighted by atomic mass is 16.5. The molecule has 0 fully saturated rings. The van der Waals surface area contributed by atoms with E-state index >= 15 is 0 Å². The van der Waals surface area contributed by atoms with Gasteiger partial charge in [0.05, 0.1) is 11.8 Å². The van der Waals surface area contributed by atoms with Crippen molar-refractivity contribution in [1.29, 1.82) is 0 Å². The summed E-state index contributed by atoms with van der Waals surface area (Å²) in [4.78, 5) is 8.81. The molecule has 5 nitrogen and oxygen atoms in total. The lowest BCUT2D eigenvalue weighted by atomic mass is 10.2. The molecular weight excluding hydrogens is 312 g/mol. The van der Waals surface area contributed by atoms with Gasteiger partial charge in [-0.1, -0.05) is 24.3 Å². The number of rotatable bonds is 6. The highest BCUT2D eigenvalue weighted by molar-refractivity contribution is 5.65. The van der Waals surface area contributed by atoms with Crippen LogP contribution in [0.4, 0.5) is 23.1 Å². The van der Waals surface area contributed by atoms with Crippen LogP contribution in [0.15, 0.2) is 60.8 Å². The number of benzene rings is 2. The van der Waals surface area contributed by atoms with Crippen molar-refractivity contribution in [2.24, 2.45) is 0 Å². The molecule has 2 N–H and O–H groups in total. The molecule has 5 heteroatoms. The Balaban J connectivity index is 1.78. The monoisotopic (exact) mass is 334 g/mol. The minimum atomic E-state index is 0.104. The number of hydrogen-bond acceptors (Lipinski definition) is 5. The molecule has 1 aromatic heterocycles. The molecule has 2 aromatic carbocycles. The third kappa shape index (κ3) is 4.70. The van der Waals surface area contributed by atoms with Gasteiger partial charge in [0.25, 0.3) is 0 Å². The Labute approximate surface area is 148 Å². The number of anilines is 4. The van der Waals surface area contributed by atoms with E-state index in [0.717, 1.165) is 17.1 Å². The van der Waals surface area contributed by atoms with Gasteiger partial charge in [0.1, 0.15) is 11.6 Å². The summed E-state index contributed by atoms with van der Waals surface area (Å²) in [6.07, 6.45) is 1.83. The zero-order chi connectivity index (χ0) is 17.6. The summed E-state index contributed by atoms with van der Waals surface area (Å²) < 4.78 is 5.84. The van der Waals surface area contributed by atoms with Crippen molar-refractivity contribution in [3.05, 3.63) is 66.4 Å². The van der Waals surface area contributed by atoms with E-state index in [1.54, 1.807) is 6.20 Å². The van der Waals surface area contributed by atoms with Crippen LogP contribution >= 0.6 is 0 Å². The fourth-order valence-electron chi connectivity index (χ4n) is 2.41. The number of ether oxygens (including phenoxy) is 1. The van der Waals surface area contributed by atoms with E-state index in [1.807, 2.05) is 56.3 Å². The highest BCUT2D eigenvalue weighted by Crippen LogP contribution is 2.28. The standard InChI is InChI=1S/C20H22N4O/c1-14(2)25-18-10-5-4-9-17(18)23-19-11-12-21-20(24-19)22-16-8-6-7-15(3)13-16/h4-14H,1-3H3,(H2,21,22,23,24). The first kappa shape index (κ1) is 16.8. The lowest BCUT2D eigenvalue weighted by Gasteiger charge is -2.15. The molecule has 0 aliphatic carbocycles. The smallest absolute Gasteiger partial charge is 0.229 e. The van der Waals surface area contributed by atoms with Crippen molar-refractivity contribution in [1.82, 2.24) is 9.97 Å². The normalized spacial score (nSPS) is 10.6. The molecule has 0 aliphatic heterocycles. The van der Waals surface area contributed by atoms with Crippen LogP contribution in [0, 0.1) is 6.92 Å². The summed E-state index contributed by atoms with van der Waals surface area (Å²) in [5.41, 5.74) is 3.01. The molecule has 1 heterocycles. The van der Waals surface area contributed by atoms with Gasteiger partial charge >= 0.3 is 0 Å². The first-order valence-corrected chi connectivity index (χ1v) is 8.29. The Morgan fingerprint density at radius 1 is 0.960 bits per heavy atom. The largest absolute Gasteiger partial charge is 0.489 e. The van der Waals surface area contributed by atoms with E-state index < -0.39 is 0 Å². The molecule has 0 unspecified atom stereocenters. The minimum Gasteiger partial charge on any atom is -0.489 e. The van der Waals surface area contributed by atoms with Gasteiger partial charge in [-0.15, -0.1) is 0 Å². The molecule has 0 saturated carbocycles. The predicted octanol–water partition coefficient (Wildman–Crippen LogP) is 5.06. The molecule has 0 bridgehead atoms. The number of para-hydroxylation sites is 2. The summed E-state index contributed by atoms with van der Waals surface area (Å²) in [6.45, 7) is 6.06. The van der Waals surface area contributed by atoms with Crippen molar-refractivity contribution < 1.29 is 4.74 Å². The molecular formula is C20H22N4O. The predicted molar refractivity (Wildman–Crippen MR) is 102 cm³/mol. The Kier molecular flexibility index (Phi) is 5.14. The van der Waals surface area contributed by atoms with Crippen LogP contribution in [0.1, 0.15) is 19.4 Å². The lowest BCUT2D eigenvalue weighted by Crippen LogP contribution is -2.07. The van der Waals surface area contributed by atoms with Crippen molar-refractivity contribution in [3.63, 3.8) is 0 Å². The second kappa shape index (κ2) is 7.66. The van der Waals surface area contributed by atoms with Crippen LogP contribution in [-0.2, 0) is 0 Å². The van der Waals surface area contributed by atoms with Crippen LogP contribution in [-0.4, -0.2) is 16.1 Å². The maximum absolute atomic E-state index is 5.84. The van der Waals surface area contributed by atoms with Crippen LogP contribution < -0.4 is 15.4 Å². The molecule has 128 valence electrons. The van der Waals surface area contributed by atoms with E-state index in [4.69, 9.17) is 4.74 Å². The summed E-state index contributed by atoms with van der Waals surface area (Å²) in [7, 11) is 0. The zero-order valence-corrected chi connectivity index (χ0v) is 14.7. The van der Waals surface area contributed by atoms with Crippen molar-refractivity contribution >= 4 is 23.1 Å². The maximum atomic E-state index is 5.84. The fourth-order valence-corrected chi connectivity index (χ4v) is 2.41. The number of nitrogens with zero attached hydrogens (tertiary/aromatic N) is 2. The van der Waals surface area contributed by atoms with E-state index in [1.165, 1.54) is 5.56 Å². The fraction of sp³-hybridized carbons (Fsp3) is 0.200. The van der Waals surface area contributed by atoms with E-state index in [0.29, 0.717) is 11.8 Å². The number of aryl methyl sites for hydroxylation is 1. The SMILES string of the molecule is Cc1cccc(Nc2nccc(Nc3ccccc3OC(C)C)n2)c1. The highest BCUT2D eigenvalue weighted by Gasteiger charge is 2.07. The van der Waals surface area contributed by atoms with Crippen molar-refractivity contribution in [3.8, 4) is 5.75 Å². The summed E-state index contributed by atoms with van der Waals surface area (Å²) >= 11 is 0. The van der Waals surface area contributed by atoms with Crippen LogP contribution in [0.2, 0.25) is 0 Å². The van der Waals surface area contributed by atoms with Crippen molar-refractivity contribution in [2.45, 2.75) is 26.9 Å². The van der Waals surface area contributed by atoms with Gasteiger partial charge in [0, 0.05) is 11.9 Å². The Morgan fingerprint density at radius 2 is 1.80 bits per heavy atom. The minimum absolute atomic E-state index is 0.104. The Bertz CT molecular complexity index is 848. The molecule has 0 radical (unpaired) electrons. The molecule has 0 aliphatic rings. The quantitative estimate of drug-likeness (QED) is 0.660. The van der Waals surface area contributed by atoms with Gasteiger partial charge in [0.2, 0.25) is 5.95 Å². The molecule has 0 saturated heterocycles. The van der Waals surface area contributed by atoms with Crippen molar-refractivity contribution in [2.75, 3.05) is 10.6 Å². The molecule has 25 heavy (non-hydrogen) atoms. The van der Waals surface area contributed by atoms with E-state index in [-0.39, 0.29) is 6.10 Å². The Morgan fingerprint density at radius 3 is 2.60 bits per heavy atom. The van der Waals surface area contributed by atoms with Crippen LogP contribution in [0.25, 0.3) is 0 Å². The maximum Gasteiger partial charge on any atom is 0.229 e. The lowest BCUT2D eigenvalue weighted by molar-refractivity contribution is 0.244. The first-order valence-electron chi connectivity index (χ1n) is 8.29. The third-order valence-electron chi connectivity index (χ3n) is 3.44. The summed E-state index contributed by atoms with van der Waals surface area (Å²) in [5, 5.41) is 6.52. The number of aromatic nitrogens is 2. The Hall–Kier alpha value is -3.08. The molecule has 0 atom stereocenters.